The molecule has 652 valence electrons. The van der Waals surface area contributed by atoms with Crippen molar-refractivity contribution in [2.75, 3.05) is 105 Å². The summed E-state index contributed by atoms with van der Waals surface area (Å²) in [7, 11) is 1.91. The minimum atomic E-state index is -6.83. The number of nitrogens with two attached hydrogens (primary N) is 1. The molecule has 14 nitrogen and oxygen atoms in total. The van der Waals surface area contributed by atoms with E-state index in [4.69, 9.17) is 5.73 Å². The molecule has 0 amide bonds. The quantitative estimate of drug-likeness (QED) is 0.0303. The predicted octanol–water partition coefficient (Wildman–Crippen LogP) is 15.8. The summed E-state index contributed by atoms with van der Waals surface area (Å²) in [6.07, 6.45) is -79.3. The van der Waals surface area contributed by atoms with Gasteiger partial charge in [0.25, 0.3) is 35.5 Å². The molecule has 107 heavy (non-hydrogen) atoms. The Morgan fingerprint density at radius 1 is 0.271 bits per heavy atom. The van der Waals surface area contributed by atoms with Gasteiger partial charge in [-0.1, -0.05) is 0 Å². The van der Waals surface area contributed by atoms with Gasteiger partial charge >= 0.3 is 72.1 Å². The number of halogens is 42. The molecule has 0 atom stereocenters. The first kappa shape index (κ1) is 113. The van der Waals surface area contributed by atoms with Gasteiger partial charge in [-0.2, -0.15) is 105 Å². The molecular weight excluding hydrogens is 1740 g/mol. The van der Waals surface area contributed by atoms with Crippen LogP contribution in [0.25, 0.3) is 0 Å². The van der Waals surface area contributed by atoms with E-state index in [1.54, 1.807) is 38.0 Å². The number of hydrogen-bond acceptors (Lipinski definition) is 12. The highest BCUT2D eigenvalue weighted by Gasteiger charge is 2.78. The molecule has 0 aliphatic rings. The molecule has 0 bridgehead atoms. The third kappa shape index (κ3) is 45.1. The first-order chi connectivity index (χ1) is 46.2. The number of nitrogens with zero attached hydrogens (tertiary/aromatic N) is 3. The third-order valence-corrected chi connectivity index (χ3v) is 17.6. The highest BCUT2D eigenvalue weighted by molar-refractivity contribution is 8.14. The van der Waals surface area contributed by atoms with Gasteiger partial charge in [0, 0.05) is 60.1 Å². The molecule has 0 fully saturated rings. The van der Waals surface area contributed by atoms with Gasteiger partial charge in [0.1, 0.15) is 0 Å². The topological polar surface area (TPSA) is 196 Å². The molecule has 0 rings (SSSR count). The SMILES string of the molecule is CN(C)CCCN.CN(C)CCCNS(=O)(=O)CCC(F)(F)CC(F)(C(F)(F)F)C(F)(F)F.CN(C)CCCNS(=O)(=O)CCC(F)(F)CC(F)(F)CC(F)(C(F)(F)F)C(F)(F)F.O=S(=O)(Cl)CCC(F)(F)CC(F)(C(F)(F)F)C(F)(F)F.O=S(=O)(Cl)CCC(F)(F)CC(F)(F)CC(F)(C(F)(F)F)C(F)(F)F. The minimum Gasteiger partial charge on any atom is -0.330 e. The summed E-state index contributed by atoms with van der Waals surface area (Å²) in [6.45, 7) is 2.44. The fraction of sp³-hybridized carbons (Fsp3) is 1.00. The summed E-state index contributed by atoms with van der Waals surface area (Å²) < 4.78 is 597. The van der Waals surface area contributed by atoms with Gasteiger partial charge in [-0.15, -0.1) is 0 Å². The van der Waals surface area contributed by atoms with Crippen molar-refractivity contribution in [2.45, 2.75) is 191 Å². The summed E-state index contributed by atoms with van der Waals surface area (Å²) in [5.74, 6) is -36.0. The zero-order valence-electron chi connectivity index (χ0n) is 55.0. The molecule has 0 aliphatic heterocycles. The second-order valence-corrected chi connectivity index (χ2v) is 33.2. The standard InChI is InChI=1S/C14H21F11N2O2S.C12H19F9N2O2S.C9H8ClF11O2S.C7H6ClF9O2S.C5H14N2/c1-27(2)6-3-5-26-30(28,29)7-4-10(15,16)8-11(17,18)9-12(19,13(20,21)22)14(23,24)25;1-23(2)6-3-5-22-26(24,25)7-4-9(13,14)8-10(15,11(16,17)18)12(19,20)21;10-24(22,23)2-1-5(11,12)3-6(13,14)4-7(15,8(16,17)18)9(19,20)21;8-20(18,19)2-1-4(9,10)3-5(11,6(12,13)14)7(15,16)17;1-7(2)5-3-4-6/h26H,3-9H2,1-2H3;22H,3-8H2,1-2H3;1-4H2;1-3H2;3-6H2,1-2H3. The van der Waals surface area contributed by atoms with Crippen LogP contribution in [0, 0.1) is 0 Å². The van der Waals surface area contributed by atoms with Crippen LogP contribution in [-0.2, 0) is 38.1 Å². The molecule has 0 aromatic heterocycles. The van der Waals surface area contributed by atoms with Gasteiger partial charge in [0.15, 0.2) is 0 Å². The molecule has 0 saturated heterocycles. The van der Waals surface area contributed by atoms with E-state index < -0.39 is 233 Å². The van der Waals surface area contributed by atoms with Crippen LogP contribution in [0.3, 0.4) is 0 Å². The van der Waals surface area contributed by atoms with Crippen LogP contribution in [0.15, 0.2) is 0 Å². The van der Waals surface area contributed by atoms with E-state index in [1.807, 2.05) is 9.44 Å². The molecule has 0 unspecified atom stereocenters. The molecule has 0 saturated carbocycles. The second-order valence-electron chi connectivity index (χ2n) is 23.6. The Balaban J connectivity index is -0.000000422. The molecule has 4 N–H and O–H groups in total. The van der Waals surface area contributed by atoms with Crippen LogP contribution in [0.5, 0.6) is 0 Å². The Morgan fingerprint density at radius 3 is 0.598 bits per heavy atom. The van der Waals surface area contributed by atoms with Crippen LogP contribution < -0.4 is 15.2 Å². The molecule has 0 radical (unpaired) electrons. The van der Waals surface area contributed by atoms with Crippen molar-refractivity contribution in [3.8, 4) is 0 Å². The van der Waals surface area contributed by atoms with Crippen LogP contribution in [-0.4, -0.2) is 261 Å². The van der Waals surface area contributed by atoms with Crippen molar-refractivity contribution < 1.29 is 209 Å². The average molecular weight is 1800 g/mol. The molecule has 60 heteroatoms. The van der Waals surface area contributed by atoms with Crippen LogP contribution in [0.4, 0.5) is 176 Å². The number of hydrogen-bond donors (Lipinski definition) is 3. The van der Waals surface area contributed by atoms with E-state index in [0.29, 0.717) is 19.5 Å². The molecular formula is C47H68Cl2F40N6O8S4. The van der Waals surface area contributed by atoms with Crippen LogP contribution >= 0.6 is 21.4 Å². The Morgan fingerprint density at radius 2 is 0.439 bits per heavy atom. The summed E-state index contributed by atoms with van der Waals surface area (Å²) in [5, 5.41) is 0. The van der Waals surface area contributed by atoms with Crippen molar-refractivity contribution in [1.29, 1.82) is 0 Å². The first-order valence-corrected chi connectivity index (χ1v) is 36.4. The molecule has 0 aromatic rings. The van der Waals surface area contributed by atoms with E-state index in [2.05, 4.69) is 40.4 Å². The number of sulfonamides is 2. The lowest BCUT2D eigenvalue weighted by molar-refractivity contribution is -0.356. The largest absolute Gasteiger partial charge is 0.431 e. The van der Waals surface area contributed by atoms with Gasteiger partial charge < -0.3 is 20.4 Å². The van der Waals surface area contributed by atoms with E-state index in [9.17, 15) is 209 Å². The summed E-state index contributed by atoms with van der Waals surface area (Å²) in [4.78, 5) is 5.50. The van der Waals surface area contributed by atoms with Crippen LogP contribution in [0.1, 0.15) is 83.5 Å². The highest BCUT2D eigenvalue weighted by Crippen LogP contribution is 2.57. The van der Waals surface area contributed by atoms with E-state index in [-0.39, 0.29) is 19.5 Å². The van der Waals surface area contributed by atoms with Gasteiger partial charge in [-0.25, -0.2) is 113 Å². The first-order valence-electron chi connectivity index (χ1n) is 28.2. The lowest BCUT2D eigenvalue weighted by atomic mass is 9.92. The van der Waals surface area contributed by atoms with Crippen molar-refractivity contribution in [3.63, 3.8) is 0 Å². The smallest absolute Gasteiger partial charge is 0.330 e. The Labute approximate surface area is 592 Å². The van der Waals surface area contributed by atoms with Crippen molar-refractivity contribution in [2.24, 2.45) is 5.73 Å². The molecule has 0 aromatic carbocycles. The predicted molar refractivity (Wildman–Crippen MR) is 301 cm³/mol. The Bertz CT molecular complexity index is 3020. The zero-order valence-corrected chi connectivity index (χ0v) is 59.7. The van der Waals surface area contributed by atoms with Crippen LogP contribution in [0.2, 0.25) is 0 Å². The fourth-order valence-corrected chi connectivity index (χ4v) is 10.9. The molecule has 0 spiro atoms. The maximum Gasteiger partial charge on any atom is 0.431 e. The van der Waals surface area contributed by atoms with Crippen molar-refractivity contribution in [3.05, 3.63) is 0 Å². The average Bonchev–Trinajstić information content (AvgIpc) is 0.780. The third-order valence-electron chi connectivity index (χ3n) is 12.6. The van der Waals surface area contributed by atoms with Gasteiger partial charge in [0.05, 0.1) is 61.5 Å². The molecule has 0 heterocycles. The van der Waals surface area contributed by atoms with E-state index in [0.717, 1.165) is 19.5 Å². The number of nitrogens with one attached hydrogen (secondary N) is 2. The monoisotopic (exact) mass is 1800 g/mol. The molecule has 0 aliphatic carbocycles. The second kappa shape index (κ2) is 40.6. The highest BCUT2D eigenvalue weighted by atomic mass is 35.7. The minimum absolute atomic E-state index is 0.162. The summed E-state index contributed by atoms with van der Waals surface area (Å²) in [6, 6.07) is 0. The van der Waals surface area contributed by atoms with Gasteiger partial charge in [-0.3, -0.25) is 0 Å². The maximum absolute atomic E-state index is 13.6. The number of alkyl halides is 40. The van der Waals surface area contributed by atoms with E-state index in [1.165, 1.54) is 0 Å². The van der Waals surface area contributed by atoms with Crippen molar-refractivity contribution in [1.82, 2.24) is 24.1 Å². The maximum atomic E-state index is 13.6. The summed E-state index contributed by atoms with van der Waals surface area (Å²) in [5.41, 5.74) is -19.9. The normalized spacial score (nSPS) is 15.0. The lowest BCUT2D eigenvalue weighted by Crippen LogP contribution is -2.56. The fourth-order valence-electron chi connectivity index (χ4n) is 7.01. The van der Waals surface area contributed by atoms with Crippen molar-refractivity contribution >= 4 is 59.5 Å². The van der Waals surface area contributed by atoms with Gasteiger partial charge in [-0.05, 0) is 87.7 Å². The van der Waals surface area contributed by atoms with E-state index >= 15 is 0 Å². The Hall–Kier alpha value is -2.66. The number of rotatable bonds is 37. The van der Waals surface area contributed by atoms with Gasteiger partial charge in [0.2, 0.25) is 38.1 Å². The lowest BCUT2D eigenvalue weighted by Gasteiger charge is -2.33. The Kier molecular flexibility index (Phi) is 42.8. The zero-order chi connectivity index (χ0) is 87.4. The summed E-state index contributed by atoms with van der Waals surface area (Å²) >= 11 is 0.